The molecule has 0 bridgehead atoms. The highest BCUT2D eigenvalue weighted by molar-refractivity contribution is 7.99. The Bertz CT molecular complexity index is 807. The molecule has 1 aliphatic rings. The van der Waals surface area contributed by atoms with Crippen LogP contribution in [0.15, 0.2) is 34.5 Å². The molecule has 1 amide bonds. The highest BCUT2D eigenvalue weighted by Crippen LogP contribution is 2.32. The number of thioether (sulfide) groups is 1. The molecule has 3 rings (SSSR count). The first kappa shape index (κ1) is 18.8. The predicted molar refractivity (Wildman–Crippen MR) is 98.2 cm³/mol. The lowest BCUT2D eigenvalue weighted by molar-refractivity contribution is -0.119. The van der Waals surface area contributed by atoms with Crippen LogP contribution in [-0.4, -0.2) is 24.2 Å². The molecular formula is C18H17F2NO3S2. The van der Waals surface area contributed by atoms with Gasteiger partial charge in [-0.1, -0.05) is 23.9 Å². The summed E-state index contributed by atoms with van der Waals surface area (Å²) in [6.45, 7) is -0.461. The molecular weight excluding hydrogens is 380 g/mol. The number of hydrogen-bond donors (Lipinski definition) is 1. The number of aryl methyl sites for hydroxylation is 1. The number of carbonyl (C=O) groups excluding carboxylic acids is 2. The number of nitrogens with one attached hydrogen (secondary N) is 1. The number of ether oxygens (including phenoxy) is 1. The van der Waals surface area contributed by atoms with Crippen LogP contribution in [0, 0.1) is 0 Å². The van der Waals surface area contributed by atoms with Crippen molar-refractivity contribution in [3.05, 3.63) is 45.6 Å². The topological polar surface area (TPSA) is 55.4 Å². The summed E-state index contributed by atoms with van der Waals surface area (Å²) in [5.41, 5.74) is 1.84. The normalized spacial score (nSPS) is 13.3. The lowest BCUT2D eigenvalue weighted by Gasteiger charge is -2.13. The second kappa shape index (κ2) is 8.64. The highest BCUT2D eigenvalue weighted by atomic mass is 32.2. The molecule has 1 aromatic carbocycles. The van der Waals surface area contributed by atoms with E-state index >= 15 is 0 Å². The molecule has 0 spiro atoms. The lowest BCUT2D eigenvalue weighted by Crippen LogP contribution is -2.21. The standard InChI is InChI=1S/C18H17F2NO3S2/c19-18(20)26-15-8-4-2-6-13(15)21-16(22)9-24-17(23)12-10-25-14-7-3-1-5-11(12)14/h2,4,6,8,10,18H,1,3,5,7,9H2,(H,21,22). The van der Waals surface area contributed by atoms with Gasteiger partial charge in [-0.05, 0) is 43.4 Å². The second-order valence-corrected chi connectivity index (χ2v) is 7.75. The van der Waals surface area contributed by atoms with Gasteiger partial charge in [0.1, 0.15) is 0 Å². The maximum atomic E-state index is 12.6. The summed E-state index contributed by atoms with van der Waals surface area (Å²) in [4.78, 5) is 25.8. The van der Waals surface area contributed by atoms with Crippen LogP contribution in [-0.2, 0) is 22.4 Å². The van der Waals surface area contributed by atoms with Crippen molar-refractivity contribution in [1.29, 1.82) is 0 Å². The maximum Gasteiger partial charge on any atom is 0.339 e. The van der Waals surface area contributed by atoms with Crippen molar-refractivity contribution in [2.24, 2.45) is 0 Å². The molecule has 0 saturated heterocycles. The third-order valence-electron chi connectivity index (χ3n) is 3.99. The number of fused-ring (bicyclic) bond motifs is 1. The van der Waals surface area contributed by atoms with E-state index in [0.29, 0.717) is 17.3 Å². The summed E-state index contributed by atoms with van der Waals surface area (Å²) in [6, 6.07) is 6.27. The Kier molecular flexibility index (Phi) is 6.26. The summed E-state index contributed by atoms with van der Waals surface area (Å²) in [6.07, 6.45) is 4.00. The molecule has 26 heavy (non-hydrogen) atoms. The van der Waals surface area contributed by atoms with E-state index < -0.39 is 24.2 Å². The van der Waals surface area contributed by atoms with Gasteiger partial charge in [0.25, 0.3) is 11.7 Å². The van der Waals surface area contributed by atoms with Crippen LogP contribution in [0.1, 0.15) is 33.6 Å². The van der Waals surface area contributed by atoms with E-state index in [0.717, 1.165) is 31.2 Å². The molecule has 1 aromatic heterocycles. The number of amides is 1. The van der Waals surface area contributed by atoms with E-state index in [2.05, 4.69) is 5.32 Å². The lowest BCUT2D eigenvalue weighted by atomic mass is 9.96. The van der Waals surface area contributed by atoms with Gasteiger partial charge in [-0.15, -0.1) is 11.3 Å². The van der Waals surface area contributed by atoms with Gasteiger partial charge in [-0.25, -0.2) is 4.79 Å². The Balaban J connectivity index is 1.58. The Labute approximate surface area is 157 Å². The van der Waals surface area contributed by atoms with Gasteiger partial charge in [-0.2, -0.15) is 8.78 Å². The number of thiophene rings is 1. The van der Waals surface area contributed by atoms with Gasteiger partial charge in [-0.3, -0.25) is 4.79 Å². The molecule has 8 heteroatoms. The third-order valence-corrected chi connectivity index (χ3v) is 5.87. The summed E-state index contributed by atoms with van der Waals surface area (Å²) in [5.74, 6) is -3.67. The predicted octanol–water partition coefficient (Wildman–Crippen LogP) is 4.74. The van der Waals surface area contributed by atoms with Crippen LogP contribution in [0.2, 0.25) is 0 Å². The van der Waals surface area contributed by atoms with Crippen LogP contribution in [0.25, 0.3) is 0 Å². The Morgan fingerprint density at radius 1 is 1.23 bits per heavy atom. The number of hydrogen-bond acceptors (Lipinski definition) is 5. The largest absolute Gasteiger partial charge is 0.452 e. The molecule has 0 radical (unpaired) electrons. The molecule has 0 aliphatic heterocycles. The van der Waals surface area contributed by atoms with Crippen molar-refractivity contribution in [3.63, 3.8) is 0 Å². The highest BCUT2D eigenvalue weighted by Gasteiger charge is 2.22. The molecule has 1 aliphatic carbocycles. The SMILES string of the molecule is O=C(COC(=O)c1csc2c1CCCC2)Nc1ccccc1SC(F)F. The molecule has 0 saturated carbocycles. The number of halogens is 2. The molecule has 138 valence electrons. The number of alkyl halides is 2. The second-order valence-electron chi connectivity index (χ2n) is 5.76. The molecule has 1 heterocycles. The zero-order valence-corrected chi connectivity index (χ0v) is 15.4. The first-order valence-electron chi connectivity index (χ1n) is 8.14. The van der Waals surface area contributed by atoms with Crippen LogP contribution < -0.4 is 5.32 Å². The van der Waals surface area contributed by atoms with Crippen molar-refractivity contribution in [2.45, 2.75) is 36.3 Å². The first-order chi connectivity index (χ1) is 12.5. The summed E-state index contributed by atoms with van der Waals surface area (Å²) in [5, 5.41) is 4.29. The smallest absolute Gasteiger partial charge is 0.339 e. The number of anilines is 1. The Morgan fingerprint density at radius 2 is 2.00 bits per heavy atom. The Hall–Kier alpha value is -1.93. The monoisotopic (exact) mass is 397 g/mol. The minimum Gasteiger partial charge on any atom is -0.452 e. The summed E-state index contributed by atoms with van der Waals surface area (Å²) >= 11 is 1.90. The zero-order chi connectivity index (χ0) is 18.5. The average Bonchev–Trinajstić information content (AvgIpc) is 3.05. The minimum absolute atomic E-state index is 0.258. The van der Waals surface area contributed by atoms with Gasteiger partial charge >= 0.3 is 5.97 Å². The van der Waals surface area contributed by atoms with E-state index in [9.17, 15) is 18.4 Å². The maximum absolute atomic E-state index is 12.6. The zero-order valence-electron chi connectivity index (χ0n) is 13.8. The van der Waals surface area contributed by atoms with E-state index in [1.54, 1.807) is 28.8 Å². The average molecular weight is 397 g/mol. The fourth-order valence-corrected chi connectivity index (χ4v) is 4.54. The molecule has 0 atom stereocenters. The minimum atomic E-state index is -2.59. The number of esters is 1. The van der Waals surface area contributed by atoms with E-state index in [-0.39, 0.29) is 10.6 Å². The summed E-state index contributed by atoms with van der Waals surface area (Å²) < 4.78 is 30.2. The van der Waals surface area contributed by atoms with E-state index in [4.69, 9.17) is 4.74 Å². The fraction of sp³-hybridized carbons (Fsp3) is 0.333. The van der Waals surface area contributed by atoms with Crippen LogP contribution in [0.3, 0.4) is 0 Å². The fourth-order valence-electron chi connectivity index (χ4n) is 2.83. The molecule has 0 fully saturated rings. The van der Waals surface area contributed by atoms with Crippen LogP contribution in [0.5, 0.6) is 0 Å². The van der Waals surface area contributed by atoms with Crippen molar-refractivity contribution >= 4 is 40.7 Å². The van der Waals surface area contributed by atoms with Crippen molar-refractivity contribution in [1.82, 2.24) is 0 Å². The number of benzene rings is 1. The van der Waals surface area contributed by atoms with E-state index in [1.165, 1.54) is 17.0 Å². The quantitative estimate of drug-likeness (QED) is 0.565. The Morgan fingerprint density at radius 3 is 2.81 bits per heavy atom. The van der Waals surface area contributed by atoms with Crippen molar-refractivity contribution in [3.8, 4) is 0 Å². The van der Waals surface area contributed by atoms with Crippen LogP contribution in [0.4, 0.5) is 14.5 Å². The van der Waals surface area contributed by atoms with E-state index in [1.807, 2.05) is 0 Å². The van der Waals surface area contributed by atoms with Gasteiger partial charge in [0.15, 0.2) is 6.61 Å². The van der Waals surface area contributed by atoms with Gasteiger partial charge in [0.2, 0.25) is 0 Å². The summed E-state index contributed by atoms with van der Waals surface area (Å²) in [7, 11) is 0. The third kappa shape index (κ3) is 4.62. The molecule has 4 nitrogen and oxygen atoms in total. The molecule has 0 unspecified atom stereocenters. The number of carbonyl (C=O) groups is 2. The number of para-hydroxylation sites is 1. The first-order valence-corrected chi connectivity index (χ1v) is 9.90. The number of rotatable bonds is 6. The molecule has 1 N–H and O–H groups in total. The van der Waals surface area contributed by atoms with Crippen molar-refractivity contribution in [2.75, 3.05) is 11.9 Å². The van der Waals surface area contributed by atoms with Gasteiger partial charge in [0.05, 0.1) is 11.3 Å². The van der Waals surface area contributed by atoms with Crippen molar-refractivity contribution < 1.29 is 23.1 Å². The molecule has 2 aromatic rings. The van der Waals surface area contributed by atoms with Gasteiger partial charge in [0, 0.05) is 15.2 Å². The van der Waals surface area contributed by atoms with Gasteiger partial charge < -0.3 is 10.1 Å². The van der Waals surface area contributed by atoms with Crippen LogP contribution >= 0.6 is 23.1 Å².